The summed E-state index contributed by atoms with van der Waals surface area (Å²) >= 11 is 0. The summed E-state index contributed by atoms with van der Waals surface area (Å²) in [5, 5.41) is 2.68. The van der Waals surface area contributed by atoms with Gasteiger partial charge in [-0.1, -0.05) is 31.5 Å². The van der Waals surface area contributed by atoms with Gasteiger partial charge >= 0.3 is 0 Å². The van der Waals surface area contributed by atoms with Gasteiger partial charge in [-0.15, -0.1) is 0 Å². The molecule has 130 valence electrons. The largest absolute Gasteiger partial charge is 0.383 e. The van der Waals surface area contributed by atoms with Crippen LogP contribution in [0.3, 0.4) is 0 Å². The number of nitrogens with one attached hydrogen (secondary N) is 2. The van der Waals surface area contributed by atoms with Crippen molar-refractivity contribution < 1.29 is 17.9 Å². The van der Waals surface area contributed by atoms with Gasteiger partial charge in [-0.2, -0.15) is 4.72 Å². The number of sulfonamides is 1. The second kappa shape index (κ2) is 9.00. The van der Waals surface area contributed by atoms with E-state index in [1.165, 1.54) is 19.2 Å². The summed E-state index contributed by atoms with van der Waals surface area (Å²) in [7, 11) is -2.20. The molecule has 0 saturated heterocycles. The average molecular weight is 342 g/mol. The maximum Gasteiger partial charge on any atom is 0.241 e. The van der Waals surface area contributed by atoms with E-state index in [0.717, 1.165) is 5.56 Å². The van der Waals surface area contributed by atoms with Gasteiger partial charge in [0.25, 0.3) is 0 Å². The third-order valence-corrected chi connectivity index (χ3v) is 4.75. The number of benzene rings is 1. The van der Waals surface area contributed by atoms with Crippen LogP contribution in [0.15, 0.2) is 29.2 Å². The molecule has 1 aromatic rings. The van der Waals surface area contributed by atoms with Crippen LogP contribution in [-0.4, -0.2) is 40.6 Å². The van der Waals surface area contributed by atoms with Crippen LogP contribution in [0.2, 0.25) is 0 Å². The molecule has 1 aromatic carbocycles. The van der Waals surface area contributed by atoms with E-state index in [-0.39, 0.29) is 16.7 Å². The molecule has 0 aliphatic heterocycles. The number of hydrogen-bond donors (Lipinski definition) is 2. The van der Waals surface area contributed by atoms with Crippen molar-refractivity contribution in [2.45, 2.75) is 38.1 Å². The third kappa shape index (κ3) is 6.68. The van der Waals surface area contributed by atoms with Crippen LogP contribution < -0.4 is 10.0 Å². The first-order chi connectivity index (χ1) is 10.8. The summed E-state index contributed by atoms with van der Waals surface area (Å²) in [4.78, 5) is 12.4. The minimum absolute atomic E-state index is 0.154. The topological polar surface area (TPSA) is 84.5 Å². The third-order valence-electron chi connectivity index (χ3n) is 3.26. The van der Waals surface area contributed by atoms with E-state index in [4.69, 9.17) is 4.74 Å². The molecule has 2 N–H and O–H groups in total. The molecule has 0 radical (unpaired) electrons. The van der Waals surface area contributed by atoms with Crippen LogP contribution in [0.5, 0.6) is 0 Å². The molecule has 7 heteroatoms. The molecule has 0 bridgehead atoms. The summed E-state index contributed by atoms with van der Waals surface area (Å²) in [6.45, 7) is 6.49. The van der Waals surface area contributed by atoms with Crippen molar-refractivity contribution in [3.05, 3.63) is 29.8 Å². The Kier molecular flexibility index (Phi) is 7.67. The van der Waals surface area contributed by atoms with Gasteiger partial charge in [0, 0.05) is 13.7 Å². The number of methoxy groups -OCH3 is 1. The van der Waals surface area contributed by atoms with Crippen LogP contribution in [0.1, 0.15) is 25.8 Å². The molecular weight excluding hydrogens is 316 g/mol. The maximum absolute atomic E-state index is 12.5. The Bertz CT molecular complexity index is 597. The lowest BCUT2D eigenvalue weighted by atomic mass is 10.0. The van der Waals surface area contributed by atoms with Crippen LogP contribution in [0.4, 0.5) is 0 Å². The maximum atomic E-state index is 12.5. The first-order valence-corrected chi connectivity index (χ1v) is 9.10. The molecule has 23 heavy (non-hydrogen) atoms. The molecule has 6 nitrogen and oxygen atoms in total. The Morgan fingerprint density at radius 3 is 2.35 bits per heavy atom. The fourth-order valence-corrected chi connectivity index (χ4v) is 3.26. The van der Waals surface area contributed by atoms with Gasteiger partial charge < -0.3 is 10.1 Å². The molecule has 1 unspecified atom stereocenters. The standard InChI is InChI=1S/C16H26N2O4S/c1-12(2)11-15(16(19)17-9-10-22-4)18-23(20,21)14-7-5-13(3)6-8-14/h5-8,12,15,18H,9-11H2,1-4H3,(H,17,19). The SMILES string of the molecule is COCCNC(=O)C(CC(C)C)NS(=O)(=O)c1ccc(C)cc1. The van der Waals surface area contributed by atoms with Gasteiger partial charge in [-0.05, 0) is 31.4 Å². The van der Waals surface area contributed by atoms with Crippen molar-refractivity contribution in [2.24, 2.45) is 5.92 Å². The highest BCUT2D eigenvalue weighted by atomic mass is 32.2. The summed E-state index contributed by atoms with van der Waals surface area (Å²) in [5.41, 5.74) is 0.972. The highest BCUT2D eigenvalue weighted by Gasteiger charge is 2.26. The van der Waals surface area contributed by atoms with Crippen molar-refractivity contribution in [1.82, 2.24) is 10.0 Å². The predicted molar refractivity (Wildman–Crippen MR) is 89.6 cm³/mol. The lowest BCUT2D eigenvalue weighted by Crippen LogP contribution is -2.47. The number of rotatable bonds is 9. The Morgan fingerprint density at radius 1 is 1.22 bits per heavy atom. The van der Waals surface area contributed by atoms with Gasteiger partial charge in [0.05, 0.1) is 11.5 Å². The molecule has 0 aliphatic carbocycles. The highest BCUT2D eigenvalue weighted by Crippen LogP contribution is 2.13. The van der Waals surface area contributed by atoms with Crippen molar-refractivity contribution in [1.29, 1.82) is 0 Å². The van der Waals surface area contributed by atoms with Crippen LogP contribution in [0, 0.1) is 12.8 Å². The lowest BCUT2D eigenvalue weighted by molar-refractivity contribution is -0.123. The number of aryl methyl sites for hydroxylation is 1. The minimum atomic E-state index is -3.74. The first-order valence-electron chi connectivity index (χ1n) is 7.62. The van der Waals surface area contributed by atoms with Crippen molar-refractivity contribution in [2.75, 3.05) is 20.3 Å². The normalized spacial score (nSPS) is 13.1. The highest BCUT2D eigenvalue weighted by molar-refractivity contribution is 7.89. The van der Waals surface area contributed by atoms with E-state index in [0.29, 0.717) is 19.6 Å². The molecule has 0 aliphatic rings. The van der Waals surface area contributed by atoms with E-state index < -0.39 is 16.1 Å². The number of carbonyl (C=O) groups is 1. The average Bonchev–Trinajstić information content (AvgIpc) is 2.46. The van der Waals surface area contributed by atoms with E-state index in [2.05, 4.69) is 10.0 Å². The van der Waals surface area contributed by atoms with Crippen LogP contribution in [-0.2, 0) is 19.6 Å². The molecule has 1 rings (SSSR count). The smallest absolute Gasteiger partial charge is 0.241 e. The zero-order valence-electron chi connectivity index (χ0n) is 14.1. The molecule has 1 atom stereocenters. The van der Waals surface area contributed by atoms with Crippen molar-refractivity contribution >= 4 is 15.9 Å². The number of amides is 1. The van der Waals surface area contributed by atoms with Gasteiger partial charge in [0.1, 0.15) is 6.04 Å². The number of carbonyl (C=O) groups excluding carboxylic acids is 1. The second-order valence-electron chi connectivity index (χ2n) is 5.90. The Hall–Kier alpha value is -1.44. The monoisotopic (exact) mass is 342 g/mol. The zero-order valence-corrected chi connectivity index (χ0v) is 14.9. The Balaban J connectivity index is 2.86. The molecule has 0 aromatic heterocycles. The van der Waals surface area contributed by atoms with Gasteiger partial charge in [0.15, 0.2) is 0 Å². The molecule has 0 fully saturated rings. The Labute approximate surface area is 138 Å². The minimum Gasteiger partial charge on any atom is -0.383 e. The number of ether oxygens (including phenoxy) is 1. The fourth-order valence-electron chi connectivity index (χ4n) is 2.05. The summed E-state index contributed by atoms with van der Waals surface area (Å²) < 4.78 is 32.3. The zero-order chi connectivity index (χ0) is 17.5. The van der Waals surface area contributed by atoms with E-state index >= 15 is 0 Å². The number of hydrogen-bond acceptors (Lipinski definition) is 4. The first kappa shape index (κ1) is 19.6. The van der Waals surface area contributed by atoms with Gasteiger partial charge in [0.2, 0.25) is 15.9 Å². The van der Waals surface area contributed by atoms with Gasteiger partial charge in [-0.3, -0.25) is 4.79 Å². The van der Waals surface area contributed by atoms with E-state index in [9.17, 15) is 13.2 Å². The van der Waals surface area contributed by atoms with Crippen LogP contribution >= 0.6 is 0 Å². The quantitative estimate of drug-likeness (QED) is 0.665. The molecule has 1 amide bonds. The Morgan fingerprint density at radius 2 is 1.83 bits per heavy atom. The summed E-state index contributed by atoms with van der Waals surface area (Å²) in [6, 6.07) is 5.72. The summed E-state index contributed by atoms with van der Waals surface area (Å²) in [6.07, 6.45) is 0.421. The van der Waals surface area contributed by atoms with Crippen molar-refractivity contribution in [3.8, 4) is 0 Å². The second-order valence-corrected chi connectivity index (χ2v) is 7.61. The molecule has 0 heterocycles. The van der Waals surface area contributed by atoms with Crippen LogP contribution in [0.25, 0.3) is 0 Å². The molecule has 0 spiro atoms. The predicted octanol–water partition coefficient (Wildman–Crippen LogP) is 1.45. The lowest BCUT2D eigenvalue weighted by Gasteiger charge is -2.20. The fraction of sp³-hybridized carbons (Fsp3) is 0.562. The van der Waals surface area contributed by atoms with E-state index in [1.54, 1.807) is 12.1 Å². The molecular formula is C16H26N2O4S. The van der Waals surface area contributed by atoms with Crippen molar-refractivity contribution in [3.63, 3.8) is 0 Å². The summed E-state index contributed by atoms with van der Waals surface area (Å²) in [5.74, 6) is -0.166. The van der Waals surface area contributed by atoms with E-state index in [1.807, 2.05) is 20.8 Å². The molecule has 0 saturated carbocycles. The van der Waals surface area contributed by atoms with Gasteiger partial charge in [-0.25, -0.2) is 8.42 Å².